The van der Waals surface area contributed by atoms with Crippen molar-refractivity contribution in [2.75, 3.05) is 0 Å². The summed E-state index contributed by atoms with van der Waals surface area (Å²) in [6.45, 7) is 0. The molecule has 0 atom stereocenters. The molecule has 0 saturated heterocycles. The smallest absolute Gasteiger partial charge is 0.251 e. The number of hydrogen-bond acceptors (Lipinski definition) is 2. The van der Waals surface area contributed by atoms with Gasteiger partial charge in [0.25, 0.3) is 5.56 Å². The van der Waals surface area contributed by atoms with Gasteiger partial charge in [-0.3, -0.25) is 4.79 Å². The lowest BCUT2D eigenvalue weighted by Gasteiger charge is -2.05. The highest BCUT2D eigenvalue weighted by Gasteiger charge is 2.01. The summed E-state index contributed by atoms with van der Waals surface area (Å²) in [5.74, 6) is 0.0122. The van der Waals surface area contributed by atoms with Crippen LogP contribution in [0.25, 0.3) is 11.1 Å². The number of nitrogens with one attached hydrogen (secondary N) is 1. The molecule has 3 heteroatoms. The van der Waals surface area contributed by atoms with E-state index in [2.05, 4.69) is 41.4 Å². The first-order chi connectivity index (χ1) is 10.7. The third-order valence-electron chi connectivity index (χ3n) is 3.63. The van der Waals surface area contributed by atoms with Crippen molar-refractivity contribution in [3.05, 3.63) is 88.3 Å². The highest BCUT2D eigenvalue weighted by molar-refractivity contribution is 5.63. The molecule has 0 fully saturated rings. The van der Waals surface area contributed by atoms with Gasteiger partial charge >= 0.3 is 0 Å². The summed E-state index contributed by atoms with van der Waals surface area (Å²) in [6.07, 6.45) is 1.50. The van der Waals surface area contributed by atoms with E-state index in [-0.39, 0.29) is 11.3 Å². The van der Waals surface area contributed by atoms with Crippen molar-refractivity contribution in [1.29, 1.82) is 0 Å². The average Bonchev–Trinajstić information content (AvgIpc) is 2.53. The van der Waals surface area contributed by atoms with Gasteiger partial charge in [-0.2, -0.15) is 0 Å². The minimum absolute atomic E-state index is 0.0122. The lowest BCUT2D eigenvalue weighted by atomic mass is 10.0. The summed E-state index contributed by atoms with van der Waals surface area (Å²) in [7, 11) is 0. The number of aryl methyl sites for hydroxylation is 2. The largest absolute Gasteiger partial charge is 0.508 e. The Morgan fingerprint density at radius 2 is 1.50 bits per heavy atom. The maximum absolute atomic E-state index is 11.3. The third-order valence-corrected chi connectivity index (χ3v) is 3.63. The molecular formula is C19H17NO2. The van der Waals surface area contributed by atoms with E-state index < -0.39 is 0 Å². The Bertz CT molecular complexity index is 805. The molecule has 3 rings (SSSR count). The Morgan fingerprint density at radius 3 is 2.18 bits per heavy atom. The van der Waals surface area contributed by atoms with Gasteiger partial charge in [0.15, 0.2) is 0 Å². The molecule has 0 unspecified atom stereocenters. The van der Waals surface area contributed by atoms with E-state index >= 15 is 0 Å². The predicted octanol–water partition coefficient (Wildman–Crippen LogP) is 3.53. The number of aromatic hydroxyl groups is 1. The van der Waals surface area contributed by atoms with E-state index in [4.69, 9.17) is 0 Å². The number of hydrogen-bond donors (Lipinski definition) is 2. The second-order valence-electron chi connectivity index (χ2n) is 5.29. The number of benzene rings is 2. The minimum Gasteiger partial charge on any atom is -0.508 e. The molecular weight excluding hydrogens is 274 g/mol. The number of rotatable bonds is 4. The van der Waals surface area contributed by atoms with E-state index in [0.717, 1.165) is 12.1 Å². The SMILES string of the molecule is O=c1cc(O)cc(CCc2ccc(-c3ccccc3)cc2)[nH]1. The summed E-state index contributed by atoms with van der Waals surface area (Å²) in [4.78, 5) is 14.0. The molecule has 0 bridgehead atoms. The normalized spacial score (nSPS) is 10.5. The van der Waals surface area contributed by atoms with Crippen LogP contribution >= 0.6 is 0 Å². The molecule has 1 aromatic heterocycles. The van der Waals surface area contributed by atoms with E-state index in [1.165, 1.54) is 22.8 Å². The van der Waals surface area contributed by atoms with Crippen molar-refractivity contribution in [3.8, 4) is 16.9 Å². The molecule has 0 spiro atoms. The van der Waals surface area contributed by atoms with Crippen LogP contribution in [0, 0.1) is 0 Å². The molecule has 2 aromatic carbocycles. The molecule has 0 radical (unpaired) electrons. The Hall–Kier alpha value is -2.81. The van der Waals surface area contributed by atoms with Gasteiger partial charge in [0.05, 0.1) is 0 Å². The summed E-state index contributed by atoms with van der Waals surface area (Å²) in [5, 5.41) is 9.43. The zero-order chi connectivity index (χ0) is 15.4. The van der Waals surface area contributed by atoms with Crippen LogP contribution in [0.2, 0.25) is 0 Å². The lowest BCUT2D eigenvalue weighted by Crippen LogP contribution is -2.07. The van der Waals surface area contributed by atoms with Gasteiger partial charge < -0.3 is 10.1 Å². The summed E-state index contributed by atoms with van der Waals surface area (Å²) >= 11 is 0. The molecule has 0 aliphatic carbocycles. The Kier molecular flexibility index (Phi) is 4.05. The fourth-order valence-electron chi connectivity index (χ4n) is 2.49. The molecule has 3 nitrogen and oxygen atoms in total. The van der Waals surface area contributed by atoms with Crippen molar-refractivity contribution in [2.24, 2.45) is 0 Å². The van der Waals surface area contributed by atoms with Gasteiger partial charge in [-0.1, -0.05) is 54.6 Å². The molecule has 110 valence electrons. The second-order valence-corrected chi connectivity index (χ2v) is 5.29. The van der Waals surface area contributed by atoms with Gasteiger partial charge in [-0.05, 0) is 35.6 Å². The summed E-state index contributed by atoms with van der Waals surface area (Å²) in [5.41, 5.74) is 4.07. The Balaban J connectivity index is 1.70. The predicted molar refractivity (Wildman–Crippen MR) is 88.0 cm³/mol. The van der Waals surface area contributed by atoms with Crippen molar-refractivity contribution < 1.29 is 5.11 Å². The molecule has 0 aliphatic rings. The van der Waals surface area contributed by atoms with Crippen LogP contribution in [0.5, 0.6) is 5.75 Å². The Morgan fingerprint density at radius 1 is 0.818 bits per heavy atom. The van der Waals surface area contributed by atoms with Gasteiger partial charge in [0.1, 0.15) is 5.75 Å². The second kappa shape index (κ2) is 6.31. The van der Waals surface area contributed by atoms with Crippen molar-refractivity contribution in [3.63, 3.8) is 0 Å². The maximum atomic E-state index is 11.3. The van der Waals surface area contributed by atoms with Crippen LogP contribution < -0.4 is 5.56 Å². The highest BCUT2D eigenvalue weighted by Crippen LogP contribution is 2.19. The number of aromatic amines is 1. The fraction of sp³-hybridized carbons (Fsp3) is 0.105. The highest BCUT2D eigenvalue weighted by atomic mass is 16.3. The first-order valence-electron chi connectivity index (χ1n) is 7.27. The standard InChI is InChI=1S/C19H17NO2/c21-18-12-17(20-19(22)13-18)11-8-14-6-9-16(10-7-14)15-4-2-1-3-5-15/h1-7,9-10,12-13H,8,11H2,(H2,20,21,22). The monoisotopic (exact) mass is 291 g/mol. The van der Waals surface area contributed by atoms with Crippen LogP contribution in [0.1, 0.15) is 11.3 Å². The van der Waals surface area contributed by atoms with Crippen LogP contribution in [-0.2, 0) is 12.8 Å². The maximum Gasteiger partial charge on any atom is 0.251 e. The lowest BCUT2D eigenvalue weighted by molar-refractivity contribution is 0.472. The summed E-state index contributed by atoms with van der Waals surface area (Å²) in [6, 6.07) is 21.4. The zero-order valence-corrected chi connectivity index (χ0v) is 12.1. The zero-order valence-electron chi connectivity index (χ0n) is 12.1. The minimum atomic E-state index is -0.269. The first-order valence-corrected chi connectivity index (χ1v) is 7.27. The molecule has 3 aromatic rings. The van der Waals surface area contributed by atoms with E-state index in [1.807, 2.05) is 18.2 Å². The van der Waals surface area contributed by atoms with Gasteiger partial charge in [-0.15, -0.1) is 0 Å². The van der Waals surface area contributed by atoms with E-state index in [9.17, 15) is 9.90 Å². The van der Waals surface area contributed by atoms with Crippen molar-refractivity contribution in [2.45, 2.75) is 12.8 Å². The molecule has 22 heavy (non-hydrogen) atoms. The Labute approximate surface area is 128 Å². The molecule has 0 aliphatic heterocycles. The van der Waals surface area contributed by atoms with Crippen LogP contribution in [0.15, 0.2) is 71.5 Å². The quantitative estimate of drug-likeness (QED) is 0.772. The van der Waals surface area contributed by atoms with Gasteiger partial charge in [-0.25, -0.2) is 0 Å². The van der Waals surface area contributed by atoms with Crippen molar-refractivity contribution >= 4 is 0 Å². The van der Waals surface area contributed by atoms with E-state index in [0.29, 0.717) is 6.42 Å². The average molecular weight is 291 g/mol. The van der Waals surface area contributed by atoms with E-state index in [1.54, 1.807) is 6.07 Å². The van der Waals surface area contributed by atoms with Crippen LogP contribution in [0.4, 0.5) is 0 Å². The molecule has 0 saturated carbocycles. The number of aromatic nitrogens is 1. The van der Waals surface area contributed by atoms with Crippen LogP contribution in [-0.4, -0.2) is 10.1 Å². The number of H-pyrrole nitrogens is 1. The first kappa shape index (κ1) is 14.1. The van der Waals surface area contributed by atoms with Gasteiger partial charge in [0, 0.05) is 11.8 Å². The number of pyridine rings is 1. The van der Waals surface area contributed by atoms with Gasteiger partial charge in [0.2, 0.25) is 0 Å². The van der Waals surface area contributed by atoms with Crippen molar-refractivity contribution in [1.82, 2.24) is 4.98 Å². The fourth-order valence-corrected chi connectivity index (χ4v) is 2.49. The molecule has 2 N–H and O–H groups in total. The summed E-state index contributed by atoms with van der Waals surface area (Å²) < 4.78 is 0. The molecule has 1 heterocycles. The molecule has 0 amide bonds. The van der Waals surface area contributed by atoms with Crippen LogP contribution in [0.3, 0.4) is 0 Å². The third kappa shape index (κ3) is 3.44. The topological polar surface area (TPSA) is 53.1 Å².